The van der Waals surface area contributed by atoms with Crippen molar-refractivity contribution in [1.29, 1.82) is 0 Å². The first-order valence-corrected chi connectivity index (χ1v) is 6.67. The van der Waals surface area contributed by atoms with Gasteiger partial charge in [-0.25, -0.2) is 9.97 Å². The van der Waals surface area contributed by atoms with Gasteiger partial charge in [0.2, 0.25) is 0 Å². The predicted octanol–water partition coefficient (Wildman–Crippen LogP) is 3.73. The highest BCUT2D eigenvalue weighted by Crippen LogP contribution is 2.26. The fraction of sp³-hybridized carbons (Fsp3) is 0. The number of aromatic nitrogens is 2. The van der Waals surface area contributed by atoms with Crippen molar-refractivity contribution in [2.75, 3.05) is 0 Å². The van der Waals surface area contributed by atoms with Crippen molar-refractivity contribution in [1.82, 2.24) is 9.97 Å². The fourth-order valence-corrected chi connectivity index (χ4v) is 2.01. The highest BCUT2D eigenvalue weighted by atomic mass is 127. The van der Waals surface area contributed by atoms with Gasteiger partial charge in [-0.2, -0.15) is 0 Å². The molecule has 0 fully saturated rings. The maximum absolute atomic E-state index is 9.48. The average molecular weight is 364 g/mol. The van der Waals surface area contributed by atoms with Crippen LogP contribution < -0.4 is 4.74 Å². The van der Waals surface area contributed by atoms with Crippen LogP contribution in [-0.2, 0) is 0 Å². The van der Waals surface area contributed by atoms with E-state index < -0.39 is 0 Å². The smallest absolute Gasteiger partial charge is 0.321 e. The number of aromatic hydroxyl groups is 1. The normalized spacial score (nSPS) is 10.6. The second-order valence-corrected chi connectivity index (χ2v) is 5.22. The van der Waals surface area contributed by atoms with Gasteiger partial charge in [0, 0.05) is 16.0 Å². The number of halogens is 1. The summed E-state index contributed by atoms with van der Waals surface area (Å²) < 4.78 is 6.53. The van der Waals surface area contributed by atoms with E-state index in [0.717, 1.165) is 14.3 Å². The minimum atomic E-state index is 0.232. The summed E-state index contributed by atoms with van der Waals surface area (Å²) in [6.45, 7) is 0. The second-order valence-electron chi connectivity index (χ2n) is 3.98. The third-order valence-corrected chi connectivity index (χ3v) is 3.16. The van der Waals surface area contributed by atoms with Gasteiger partial charge in [0.05, 0.1) is 0 Å². The number of hydrogen-bond donors (Lipinski definition) is 1. The van der Waals surface area contributed by atoms with Crippen molar-refractivity contribution < 1.29 is 9.84 Å². The molecule has 3 rings (SSSR count). The average Bonchev–Trinajstić information content (AvgIpc) is 2.41. The highest BCUT2D eigenvalue weighted by Gasteiger charge is 2.02. The number of fused-ring (bicyclic) bond motifs is 1. The Bertz CT molecular complexity index is 729. The lowest BCUT2D eigenvalue weighted by atomic mass is 10.1. The summed E-state index contributed by atoms with van der Waals surface area (Å²) in [4.78, 5) is 8.16. The molecule has 0 unspecified atom stereocenters. The van der Waals surface area contributed by atoms with Gasteiger partial charge in [0.1, 0.15) is 11.5 Å². The van der Waals surface area contributed by atoms with E-state index in [1.807, 2.05) is 24.3 Å². The maximum atomic E-state index is 9.48. The Balaban J connectivity index is 1.94. The molecule has 5 heteroatoms. The molecule has 2 aromatic carbocycles. The van der Waals surface area contributed by atoms with Crippen LogP contribution >= 0.6 is 22.6 Å². The van der Waals surface area contributed by atoms with E-state index in [4.69, 9.17) is 4.74 Å². The van der Waals surface area contributed by atoms with Gasteiger partial charge >= 0.3 is 6.01 Å². The zero-order valence-electron chi connectivity index (χ0n) is 9.75. The van der Waals surface area contributed by atoms with E-state index in [1.165, 1.54) is 0 Å². The summed E-state index contributed by atoms with van der Waals surface area (Å²) in [5, 5.41) is 11.4. The Morgan fingerprint density at radius 3 is 2.47 bits per heavy atom. The third kappa shape index (κ3) is 2.76. The van der Waals surface area contributed by atoms with Gasteiger partial charge < -0.3 is 9.84 Å². The molecule has 3 aromatic rings. The molecule has 0 atom stereocenters. The van der Waals surface area contributed by atoms with Crippen LogP contribution in [0.2, 0.25) is 0 Å². The monoisotopic (exact) mass is 364 g/mol. The first-order chi connectivity index (χ1) is 9.20. The van der Waals surface area contributed by atoms with Crippen LogP contribution in [-0.4, -0.2) is 15.1 Å². The third-order valence-electron chi connectivity index (χ3n) is 2.60. The number of hydrogen-bond acceptors (Lipinski definition) is 4. The van der Waals surface area contributed by atoms with Gasteiger partial charge in [0.25, 0.3) is 0 Å². The van der Waals surface area contributed by atoms with Crippen molar-refractivity contribution in [2.24, 2.45) is 0 Å². The lowest BCUT2D eigenvalue weighted by Gasteiger charge is -2.05. The second kappa shape index (κ2) is 5.00. The molecule has 1 heterocycles. The van der Waals surface area contributed by atoms with Crippen molar-refractivity contribution in [2.45, 2.75) is 0 Å². The number of rotatable bonds is 2. The summed E-state index contributed by atoms with van der Waals surface area (Å²) in [7, 11) is 0. The summed E-state index contributed by atoms with van der Waals surface area (Å²) >= 11 is 2.13. The Hall–Kier alpha value is -1.89. The molecule has 94 valence electrons. The van der Waals surface area contributed by atoms with E-state index in [2.05, 4.69) is 32.6 Å². The molecule has 0 saturated carbocycles. The molecule has 0 aliphatic rings. The standard InChI is InChI=1S/C14H9IN2O2/c15-11-7-16-14(17-8-11)19-13-4-2-9-1-3-12(18)5-10(9)6-13/h1-8,18H. The van der Waals surface area contributed by atoms with Gasteiger partial charge in [-0.1, -0.05) is 12.1 Å². The van der Waals surface area contributed by atoms with Gasteiger partial charge in [-0.3, -0.25) is 0 Å². The van der Waals surface area contributed by atoms with Crippen LogP contribution in [0, 0.1) is 3.57 Å². The van der Waals surface area contributed by atoms with Crippen LogP contribution in [0.4, 0.5) is 0 Å². The molecule has 0 radical (unpaired) electrons. The fourth-order valence-electron chi connectivity index (χ4n) is 1.73. The molecular formula is C14H9IN2O2. The van der Waals surface area contributed by atoms with Gasteiger partial charge in [-0.15, -0.1) is 0 Å². The summed E-state index contributed by atoms with van der Waals surface area (Å²) in [5.74, 6) is 0.870. The van der Waals surface area contributed by atoms with Gasteiger partial charge in [-0.05, 0) is 57.6 Å². The molecular weight excluding hydrogens is 355 g/mol. The molecule has 4 nitrogen and oxygen atoms in total. The lowest BCUT2D eigenvalue weighted by molar-refractivity contribution is 0.442. The Morgan fingerprint density at radius 1 is 0.947 bits per heavy atom. The molecule has 0 aliphatic heterocycles. The van der Waals surface area contributed by atoms with E-state index >= 15 is 0 Å². The Labute approximate surface area is 123 Å². The van der Waals surface area contributed by atoms with Crippen LogP contribution in [0.3, 0.4) is 0 Å². The topological polar surface area (TPSA) is 55.2 Å². The van der Waals surface area contributed by atoms with Crippen molar-refractivity contribution in [3.05, 3.63) is 52.4 Å². The molecule has 0 amide bonds. The number of phenols is 1. The summed E-state index contributed by atoms with van der Waals surface area (Å²) in [6.07, 6.45) is 3.38. The Morgan fingerprint density at radius 2 is 1.68 bits per heavy atom. The number of nitrogens with zero attached hydrogens (tertiary/aromatic N) is 2. The minimum absolute atomic E-state index is 0.232. The van der Waals surface area contributed by atoms with E-state index in [0.29, 0.717) is 11.8 Å². The summed E-state index contributed by atoms with van der Waals surface area (Å²) in [5.41, 5.74) is 0. The number of phenolic OH excluding ortho intramolecular Hbond substituents is 1. The van der Waals surface area contributed by atoms with Gasteiger partial charge in [0.15, 0.2) is 0 Å². The van der Waals surface area contributed by atoms with Crippen LogP contribution in [0.1, 0.15) is 0 Å². The maximum Gasteiger partial charge on any atom is 0.321 e. The largest absolute Gasteiger partial charge is 0.508 e. The molecule has 1 aromatic heterocycles. The number of ether oxygens (including phenoxy) is 1. The predicted molar refractivity (Wildman–Crippen MR) is 80.4 cm³/mol. The molecule has 0 saturated heterocycles. The van der Waals surface area contributed by atoms with Crippen molar-refractivity contribution in [3.63, 3.8) is 0 Å². The zero-order chi connectivity index (χ0) is 13.2. The first kappa shape index (κ1) is 12.2. The van der Waals surface area contributed by atoms with E-state index in [9.17, 15) is 5.11 Å². The van der Waals surface area contributed by atoms with Crippen LogP contribution in [0.25, 0.3) is 10.8 Å². The Kier molecular flexibility index (Phi) is 3.20. The molecule has 1 N–H and O–H groups in total. The van der Waals surface area contributed by atoms with Crippen molar-refractivity contribution in [3.8, 4) is 17.5 Å². The van der Waals surface area contributed by atoms with E-state index in [1.54, 1.807) is 24.5 Å². The highest BCUT2D eigenvalue weighted by molar-refractivity contribution is 14.1. The quantitative estimate of drug-likeness (QED) is 0.704. The molecule has 19 heavy (non-hydrogen) atoms. The number of benzene rings is 2. The van der Waals surface area contributed by atoms with E-state index in [-0.39, 0.29) is 5.75 Å². The molecule has 0 aliphatic carbocycles. The minimum Gasteiger partial charge on any atom is -0.508 e. The van der Waals surface area contributed by atoms with Crippen molar-refractivity contribution >= 4 is 33.4 Å². The molecule has 0 bridgehead atoms. The van der Waals surface area contributed by atoms with Crippen LogP contribution in [0.15, 0.2) is 48.8 Å². The first-order valence-electron chi connectivity index (χ1n) is 5.59. The zero-order valence-corrected chi connectivity index (χ0v) is 11.9. The lowest BCUT2D eigenvalue weighted by Crippen LogP contribution is -1.91. The van der Waals surface area contributed by atoms with Crippen LogP contribution in [0.5, 0.6) is 17.5 Å². The summed E-state index contributed by atoms with van der Waals surface area (Å²) in [6, 6.07) is 11.1. The SMILES string of the molecule is Oc1ccc2ccc(Oc3ncc(I)cn3)cc2c1. The molecule has 0 spiro atoms.